The number of aliphatic carboxylic acids is 1. The Morgan fingerprint density at radius 2 is 1.94 bits per heavy atom. The second-order valence-corrected chi connectivity index (χ2v) is 6.58. The Labute approximate surface area is 101 Å². The van der Waals surface area contributed by atoms with Gasteiger partial charge in [-0.1, -0.05) is 0 Å². The van der Waals surface area contributed by atoms with Crippen LogP contribution in [0.1, 0.15) is 32.6 Å². The maximum absolute atomic E-state index is 12.0. The van der Waals surface area contributed by atoms with Gasteiger partial charge in [0.05, 0.1) is 5.92 Å². The molecule has 2 fully saturated rings. The van der Waals surface area contributed by atoms with Crippen LogP contribution in [-0.4, -0.2) is 42.4 Å². The van der Waals surface area contributed by atoms with E-state index in [1.807, 2.05) is 6.92 Å². The van der Waals surface area contributed by atoms with Gasteiger partial charge in [-0.15, -0.1) is 0 Å². The zero-order chi connectivity index (χ0) is 12.6. The van der Waals surface area contributed by atoms with Gasteiger partial charge in [0.15, 0.2) is 0 Å². The highest BCUT2D eigenvalue weighted by Crippen LogP contribution is 2.26. The quantitative estimate of drug-likeness (QED) is 0.756. The molecule has 1 heterocycles. The molecule has 2 rings (SSSR count). The van der Waals surface area contributed by atoms with Crippen LogP contribution in [0.4, 0.5) is 0 Å². The van der Waals surface area contributed by atoms with Crippen molar-refractivity contribution < 1.29 is 18.3 Å². The van der Waals surface area contributed by atoms with Gasteiger partial charge in [0.1, 0.15) is 0 Å². The van der Waals surface area contributed by atoms with E-state index in [1.165, 1.54) is 4.31 Å². The summed E-state index contributed by atoms with van der Waals surface area (Å²) >= 11 is 0. The Bertz CT molecular complexity index is 405. The van der Waals surface area contributed by atoms with Gasteiger partial charge in [0.2, 0.25) is 0 Å². The fraction of sp³-hybridized carbons (Fsp3) is 0.900. The van der Waals surface area contributed by atoms with Gasteiger partial charge in [-0.2, -0.15) is 17.4 Å². The number of hydrogen-bond donors (Lipinski definition) is 2. The summed E-state index contributed by atoms with van der Waals surface area (Å²) in [6, 6.07) is -0.0701. The number of nitrogens with zero attached hydrogens (tertiary/aromatic N) is 1. The molecular formula is C10H18N2O4S. The molecule has 2 N–H and O–H groups in total. The maximum atomic E-state index is 12.0. The molecule has 1 aliphatic carbocycles. The lowest BCUT2D eigenvalue weighted by Gasteiger charge is -2.35. The zero-order valence-corrected chi connectivity index (χ0v) is 10.6. The first-order valence-electron chi connectivity index (χ1n) is 5.92. The van der Waals surface area contributed by atoms with Crippen molar-refractivity contribution in [2.24, 2.45) is 5.92 Å². The van der Waals surface area contributed by atoms with Crippen LogP contribution in [0.25, 0.3) is 0 Å². The van der Waals surface area contributed by atoms with E-state index >= 15 is 0 Å². The van der Waals surface area contributed by atoms with Crippen LogP contribution in [0, 0.1) is 5.92 Å². The largest absolute Gasteiger partial charge is 0.481 e. The Balaban J connectivity index is 2.08. The number of hydrogen-bond acceptors (Lipinski definition) is 3. The minimum Gasteiger partial charge on any atom is -0.481 e. The van der Waals surface area contributed by atoms with Crippen LogP contribution in [0.2, 0.25) is 0 Å². The van der Waals surface area contributed by atoms with E-state index in [2.05, 4.69) is 4.72 Å². The summed E-state index contributed by atoms with van der Waals surface area (Å²) in [5, 5.41) is 8.96. The van der Waals surface area contributed by atoms with Crippen molar-refractivity contribution in [1.82, 2.24) is 9.03 Å². The van der Waals surface area contributed by atoms with Crippen LogP contribution in [0.3, 0.4) is 0 Å². The van der Waals surface area contributed by atoms with Crippen molar-refractivity contribution in [1.29, 1.82) is 0 Å². The second-order valence-electron chi connectivity index (χ2n) is 4.93. The van der Waals surface area contributed by atoms with Crippen LogP contribution in [-0.2, 0) is 15.0 Å². The van der Waals surface area contributed by atoms with Crippen LogP contribution in [0.5, 0.6) is 0 Å². The molecule has 1 saturated carbocycles. The lowest BCUT2D eigenvalue weighted by atomic mass is 9.96. The third-order valence-electron chi connectivity index (χ3n) is 3.38. The number of carboxylic acid groups (broad SMARTS) is 1. The van der Waals surface area contributed by atoms with Crippen molar-refractivity contribution in [2.45, 2.75) is 44.7 Å². The lowest BCUT2D eigenvalue weighted by Crippen LogP contribution is -2.51. The first kappa shape index (κ1) is 12.8. The molecule has 1 aliphatic heterocycles. The van der Waals surface area contributed by atoms with Gasteiger partial charge in [0, 0.05) is 18.6 Å². The number of rotatable bonds is 4. The van der Waals surface area contributed by atoms with Crippen LogP contribution >= 0.6 is 0 Å². The molecule has 98 valence electrons. The molecule has 0 radical (unpaired) electrons. The summed E-state index contributed by atoms with van der Waals surface area (Å²) in [6.07, 6.45) is 2.90. The number of carbonyl (C=O) groups is 1. The van der Waals surface area contributed by atoms with E-state index in [0.29, 0.717) is 12.8 Å². The molecule has 0 spiro atoms. The second kappa shape index (κ2) is 4.55. The van der Waals surface area contributed by atoms with Crippen LogP contribution in [0.15, 0.2) is 0 Å². The van der Waals surface area contributed by atoms with Crippen molar-refractivity contribution in [3.05, 3.63) is 0 Å². The normalized spacial score (nSPS) is 31.4. The summed E-state index contributed by atoms with van der Waals surface area (Å²) in [6.45, 7) is 1.91. The minimum absolute atomic E-state index is 0.0532. The average molecular weight is 262 g/mol. The zero-order valence-electron chi connectivity index (χ0n) is 9.80. The van der Waals surface area contributed by atoms with Crippen molar-refractivity contribution >= 4 is 16.2 Å². The highest BCUT2D eigenvalue weighted by molar-refractivity contribution is 7.87. The van der Waals surface area contributed by atoms with E-state index in [1.54, 1.807) is 0 Å². The number of piperidine rings is 1. The number of carboxylic acids is 1. The first-order valence-corrected chi connectivity index (χ1v) is 7.36. The molecule has 0 aromatic rings. The SMILES string of the molecule is CC1CCC(C(=O)O)CN1S(=O)(=O)NC1CC1. The molecule has 0 aromatic heterocycles. The van der Waals surface area contributed by atoms with E-state index < -0.39 is 22.1 Å². The van der Waals surface area contributed by atoms with E-state index in [-0.39, 0.29) is 18.6 Å². The summed E-state index contributed by atoms with van der Waals surface area (Å²) in [5.41, 5.74) is 0. The molecule has 0 bridgehead atoms. The summed E-state index contributed by atoms with van der Waals surface area (Å²) in [4.78, 5) is 10.9. The van der Waals surface area contributed by atoms with Gasteiger partial charge in [-0.05, 0) is 32.6 Å². The molecular weight excluding hydrogens is 244 g/mol. The van der Waals surface area contributed by atoms with Crippen molar-refractivity contribution in [3.8, 4) is 0 Å². The third kappa shape index (κ3) is 2.97. The molecule has 1 saturated heterocycles. The molecule has 6 nitrogen and oxygen atoms in total. The Kier molecular flexibility index (Phi) is 3.42. The highest BCUT2D eigenvalue weighted by Gasteiger charge is 2.38. The van der Waals surface area contributed by atoms with Gasteiger partial charge in [-0.25, -0.2) is 0 Å². The van der Waals surface area contributed by atoms with Gasteiger partial charge < -0.3 is 5.11 Å². The van der Waals surface area contributed by atoms with E-state index in [0.717, 1.165) is 12.8 Å². The van der Waals surface area contributed by atoms with Gasteiger partial charge in [0.25, 0.3) is 10.2 Å². The maximum Gasteiger partial charge on any atom is 0.307 e. The minimum atomic E-state index is -3.52. The standard InChI is InChI=1S/C10H18N2O4S/c1-7-2-3-8(10(13)14)6-12(7)17(15,16)11-9-4-5-9/h7-9,11H,2-6H2,1H3,(H,13,14). The monoisotopic (exact) mass is 262 g/mol. The van der Waals surface area contributed by atoms with E-state index in [9.17, 15) is 13.2 Å². The molecule has 2 atom stereocenters. The fourth-order valence-electron chi connectivity index (χ4n) is 2.09. The summed E-state index contributed by atoms with van der Waals surface area (Å²) in [7, 11) is -3.52. The van der Waals surface area contributed by atoms with Crippen LogP contribution < -0.4 is 4.72 Å². The van der Waals surface area contributed by atoms with E-state index in [4.69, 9.17) is 5.11 Å². The smallest absolute Gasteiger partial charge is 0.307 e. The molecule has 7 heteroatoms. The fourth-order valence-corrected chi connectivity index (χ4v) is 3.84. The van der Waals surface area contributed by atoms with Crippen molar-refractivity contribution in [2.75, 3.05) is 6.54 Å². The lowest BCUT2D eigenvalue weighted by molar-refractivity contribution is -0.143. The molecule has 2 unspecified atom stereocenters. The first-order chi connectivity index (χ1) is 7.90. The average Bonchev–Trinajstić information content (AvgIpc) is 3.00. The summed E-state index contributed by atoms with van der Waals surface area (Å²) in [5.74, 6) is -1.49. The highest BCUT2D eigenvalue weighted by atomic mass is 32.2. The summed E-state index contributed by atoms with van der Waals surface area (Å²) < 4.78 is 28.0. The predicted molar refractivity (Wildman–Crippen MR) is 61.6 cm³/mol. The Hall–Kier alpha value is -0.660. The van der Waals surface area contributed by atoms with Gasteiger partial charge in [-0.3, -0.25) is 4.79 Å². The Morgan fingerprint density at radius 1 is 1.29 bits per heavy atom. The molecule has 0 amide bonds. The Morgan fingerprint density at radius 3 is 2.47 bits per heavy atom. The molecule has 17 heavy (non-hydrogen) atoms. The van der Waals surface area contributed by atoms with Crippen molar-refractivity contribution in [3.63, 3.8) is 0 Å². The number of nitrogens with one attached hydrogen (secondary N) is 1. The third-order valence-corrected chi connectivity index (χ3v) is 5.13. The molecule has 0 aromatic carbocycles. The predicted octanol–water partition coefficient (Wildman–Crippen LogP) is 0.168. The molecule has 2 aliphatic rings. The van der Waals surface area contributed by atoms with Gasteiger partial charge >= 0.3 is 5.97 Å². The topological polar surface area (TPSA) is 86.7 Å².